The van der Waals surface area contributed by atoms with Crippen molar-refractivity contribution in [3.05, 3.63) is 42.5 Å². The van der Waals surface area contributed by atoms with E-state index in [1.165, 1.54) is 12.1 Å². The standard InChI is InChI=1S/C13H10F6O4/c14-12(15,16)11(13(17,18)19)22-10(20)7-4-8-21-23-9-5-2-1-3-6-9/h1-7,11H,8H2/b7-4+. The average molecular weight is 344 g/mol. The number of esters is 1. The summed E-state index contributed by atoms with van der Waals surface area (Å²) in [4.78, 5) is 20.3. The molecule has 1 aromatic rings. The quantitative estimate of drug-likeness (QED) is 0.198. The molecule has 0 atom stereocenters. The van der Waals surface area contributed by atoms with Gasteiger partial charge < -0.3 is 9.62 Å². The van der Waals surface area contributed by atoms with E-state index in [0.717, 1.165) is 6.08 Å². The lowest BCUT2D eigenvalue weighted by Crippen LogP contribution is -2.45. The number of alkyl halides is 6. The Kier molecular flexibility index (Phi) is 6.43. The SMILES string of the molecule is O=C(/C=C/COOc1ccccc1)OC(C(F)(F)F)C(F)(F)F. The summed E-state index contributed by atoms with van der Waals surface area (Å²) < 4.78 is 76.2. The summed E-state index contributed by atoms with van der Waals surface area (Å²) in [7, 11) is 0. The zero-order chi connectivity index (χ0) is 17.5. The van der Waals surface area contributed by atoms with Crippen molar-refractivity contribution in [3.8, 4) is 5.75 Å². The molecule has 4 nitrogen and oxygen atoms in total. The van der Waals surface area contributed by atoms with E-state index in [9.17, 15) is 31.1 Å². The van der Waals surface area contributed by atoms with Crippen molar-refractivity contribution < 1.29 is 45.6 Å². The van der Waals surface area contributed by atoms with Gasteiger partial charge in [0, 0.05) is 6.08 Å². The lowest BCUT2D eigenvalue weighted by molar-refractivity contribution is -0.312. The van der Waals surface area contributed by atoms with Crippen LogP contribution >= 0.6 is 0 Å². The summed E-state index contributed by atoms with van der Waals surface area (Å²) in [6.07, 6.45) is -14.5. The van der Waals surface area contributed by atoms with Crippen molar-refractivity contribution in [1.29, 1.82) is 0 Å². The monoisotopic (exact) mass is 344 g/mol. The molecule has 10 heteroatoms. The zero-order valence-corrected chi connectivity index (χ0v) is 11.2. The number of ether oxygens (including phenoxy) is 1. The third-order valence-corrected chi connectivity index (χ3v) is 2.15. The summed E-state index contributed by atoms with van der Waals surface area (Å²) in [6, 6.07) is 8.06. The first-order chi connectivity index (χ1) is 10.6. The Morgan fingerprint density at radius 2 is 1.61 bits per heavy atom. The van der Waals surface area contributed by atoms with Gasteiger partial charge in [-0.25, -0.2) is 4.79 Å². The van der Waals surface area contributed by atoms with Crippen LogP contribution in [0.3, 0.4) is 0 Å². The molecule has 0 radical (unpaired) electrons. The Hall–Kier alpha value is -2.23. The highest BCUT2D eigenvalue weighted by molar-refractivity contribution is 5.82. The molecular weight excluding hydrogens is 334 g/mol. The number of para-hydroxylation sites is 1. The van der Waals surface area contributed by atoms with Crippen LogP contribution in [0, 0.1) is 0 Å². The van der Waals surface area contributed by atoms with E-state index >= 15 is 0 Å². The number of carbonyl (C=O) groups is 1. The van der Waals surface area contributed by atoms with Gasteiger partial charge >= 0.3 is 18.3 Å². The van der Waals surface area contributed by atoms with Crippen molar-refractivity contribution in [2.24, 2.45) is 0 Å². The van der Waals surface area contributed by atoms with Crippen LogP contribution < -0.4 is 4.89 Å². The molecule has 0 aromatic heterocycles. The summed E-state index contributed by atoms with van der Waals surface area (Å²) in [5.74, 6) is -1.49. The van der Waals surface area contributed by atoms with Crippen LogP contribution in [0.15, 0.2) is 42.5 Å². The fraction of sp³-hybridized carbons (Fsp3) is 0.308. The summed E-state index contributed by atoms with van der Waals surface area (Å²) in [6.45, 7) is -0.396. The number of carbonyl (C=O) groups excluding carboxylic acids is 1. The number of rotatable bonds is 6. The van der Waals surface area contributed by atoms with E-state index in [-0.39, 0.29) is 0 Å². The summed E-state index contributed by atoms with van der Waals surface area (Å²) in [5, 5.41) is 0. The Labute approximate surface area is 126 Å². The third-order valence-electron chi connectivity index (χ3n) is 2.15. The van der Waals surface area contributed by atoms with Crippen LogP contribution in [0.4, 0.5) is 26.3 Å². The van der Waals surface area contributed by atoms with E-state index < -0.39 is 31.0 Å². The van der Waals surface area contributed by atoms with Crippen LogP contribution in [0.2, 0.25) is 0 Å². The fourth-order valence-electron chi connectivity index (χ4n) is 1.24. The van der Waals surface area contributed by atoms with Crippen molar-refractivity contribution in [2.45, 2.75) is 18.5 Å². The molecular formula is C13H10F6O4. The zero-order valence-electron chi connectivity index (χ0n) is 11.2. The Balaban J connectivity index is 2.43. The molecule has 0 saturated heterocycles. The maximum absolute atomic E-state index is 12.1. The Bertz CT molecular complexity index is 510. The minimum Gasteiger partial charge on any atom is -0.440 e. The number of hydrogen-bond donors (Lipinski definition) is 0. The number of benzene rings is 1. The van der Waals surface area contributed by atoms with Crippen LogP contribution in [0.1, 0.15) is 0 Å². The molecule has 128 valence electrons. The molecule has 0 aliphatic heterocycles. The minimum absolute atomic E-state index is 0.317. The second-order valence-corrected chi connectivity index (χ2v) is 3.98. The van der Waals surface area contributed by atoms with E-state index in [0.29, 0.717) is 11.8 Å². The lowest BCUT2D eigenvalue weighted by atomic mass is 10.3. The number of halogens is 6. The maximum atomic E-state index is 12.1. The molecule has 0 spiro atoms. The summed E-state index contributed by atoms with van der Waals surface area (Å²) in [5.41, 5.74) is 0. The molecule has 0 aliphatic carbocycles. The Morgan fingerprint density at radius 3 is 2.13 bits per heavy atom. The predicted octanol–water partition coefficient (Wildman–Crippen LogP) is 3.59. The number of hydrogen-bond acceptors (Lipinski definition) is 4. The van der Waals surface area contributed by atoms with Gasteiger partial charge in [-0.2, -0.15) is 31.2 Å². The Morgan fingerprint density at radius 1 is 1.04 bits per heavy atom. The van der Waals surface area contributed by atoms with Gasteiger partial charge in [0.05, 0.1) is 0 Å². The highest BCUT2D eigenvalue weighted by Crippen LogP contribution is 2.35. The van der Waals surface area contributed by atoms with E-state index in [4.69, 9.17) is 4.89 Å². The van der Waals surface area contributed by atoms with E-state index in [1.54, 1.807) is 18.2 Å². The fourth-order valence-corrected chi connectivity index (χ4v) is 1.24. The molecule has 0 bridgehead atoms. The van der Waals surface area contributed by atoms with Gasteiger partial charge in [0.25, 0.3) is 6.10 Å². The van der Waals surface area contributed by atoms with Gasteiger partial charge in [-0.05, 0) is 18.2 Å². The molecule has 0 aliphatic rings. The van der Waals surface area contributed by atoms with Gasteiger partial charge in [-0.15, -0.1) is 0 Å². The molecule has 0 saturated carbocycles. The van der Waals surface area contributed by atoms with Crippen molar-refractivity contribution in [2.75, 3.05) is 6.61 Å². The molecule has 0 unspecified atom stereocenters. The van der Waals surface area contributed by atoms with Crippen LogP contribution in [0.25, 0.3) is 0 Å². The first-order valence-corrected chi connectivity index (χ1v) is 5.96. The summed E-state index contributed by atoms with van der Waals surface area (Å²) >= 11 is 0. The van der Waals surface area contributed by atoms with Gasteiger partial charge in [-0.1, -0.05) is 18.2 Å². The first kappa shape index (κ1) is 18.8. The highest BCUT2D eigenvalue weighted by Gasteiger charge is 2.59. The second-order valence-electron chi connectivity index (χ2n) is 3.98. The molecule has 23 heavy (non-hydrogen) atoms. The molecule has 0 amide bonds. The molecule has 0 heterocycles. The van der Waals surface area contributed by atoms with Crippen molar-refractivity contribution in [3.63, 3.8) is 0 Å². The van der Waals surface area contributed by atoms with Gasteiger partial charge in [0.15, 0.2) is 5.75 Å². The molecule has 1 rings (SSSR count). The largest absolute Gasteiger partial charge is 0.440 e. The highest BCUT2D eigenvalue weighted by atomic mass is 19.4. The normalized spacial score (nSPS) is 12.7. The molecule has 0 fully saturated rings. The van der Waals surface area contributed by atoms with Crippen molar-refractivity contribution >= 4 is 5.97 Å². The van der Waals surface area contributed by atoms with Gasteiger partial charge in [-0.3, -0.25) is 0 Å². The van der Waals surface area contributed by atoms with Gasteiger partial charge in [0.2, 0.25) is 0 Å². The molecule has 1 aromatic carbocycles. The second kappa shape index (κ2) is 7.86. The third kappa shape index (κ3) is 7.04. The minimum atomic E-state index is -5.76. The van der Waals surface area contributed by atoms with E-state index in [2.05, 4.69) is 9.62 Å². The van der Waals surface area contributed by atoms with E-state index in [1.807, 2.05) is 0 Å². The average Bonchev–Trinajstić information content (AvgIpc) is 2.43. The smallest absolute Gasteiger partial charge is 0.434 e. The maximum Gasteiger partial charge on any atom is 0.434 e. The van der Waals surface area contributed by atoms with Gasteiger partial charge in [0.1, 0.15) is 6.61 Å². The van der Waals surface area contributed by atoms with Crippen LogP contribution in [-0.2, 0) is 14.4 Å². The predicted molar refractivity (Wildman–Crippen MR) is 64.2 cm³/mol. The topological polar surface area (TPSA) is 44.8 Å². The lowest BCUT2D eigenvalue weighted by Gasteiger charge is -2.22. The van der Waals surface area contributed by atoms with Crippen LogP contribution in [0.5, 0.6) is 5.75 Å². The van der Waals surface area contributed by atoms with Crippen LogP contribution in [-0.4, -0.2) is 31.0 Å². The van der Waals surface area contributed by atoms with Crippen molar-refractivity contribution in [1.82, 2.24) is 0 Å². The first-order valence-electron chi connectivity index (χ1n) is 5.96. The molecule has 0 N–H and O–H groups in total.